The van der Waals surface area contributed by atoms with E-state index >= 15 is 0 Å². The number of aromatic nitrogens is 3. The Morgan fingerprint density at radius 3 is 2.84 bits per heavy atom. The summed E-state index contributed by atoms with van der Waals surface area (Å²) in [4.78, 5) is 26.3. The van der Waals surface area contributed by atoms with Crippen LogP contribution in [-0.4, -0.2) is 65.7 Å². The van der Waals surface area contributed by atoms with Crippen molar-refractivity contribution in [3.05, 3.63) is 65.3 Å². The molecule has 3 heterocycles. The fourth-order valence-electron chi connectivity index (χ4n) is 4.47. The summed E-state index contributed by atoms with van der Waals surface area (Å²) < 4.78 is 10.8. The van der Waals surface area contributed by atoms with Crippen LogP contribution < -0.4 is 20.1 Å². The summed E-state index contributed by atoms with van der Waals surface area (Å²) in [5.41, 5.74) is 4.27. The number of hydrogen-bond donors (Lipinski definition) is 3. The highest BCUT2D eigenvalue weighted by atomic mass is 35.5. The van der Waals surface area contributed by atoms with Gasteiger partial charge in [-0.05, 0) is 48.4 Å². The monoisotopic (exact) mass is 520 g/mol. The first-order chi connectivity index (χ1) is 18.0. The van der Waals surface area contributed by atoms with Crippen LogP contribution in [0.15, 0.2) is 54.7 Å². The van der Waals surface area contributed by atoms with Gasteiger partial charge in [0.15, 0.2) is 12.3 Å². The van der Waals surface area contributed by atoms with Crippen LogP contribution in [0.1, 0.15) is 12.0 Å². The van der Waals surface area contributed by atoms with E-state index in [9.17, 15) is 4.79 Å². The largest absolute Gasteiger partial charge is 0.497 e. The molecule has 0 spiro atoms. The Hall–Kier alpha value is -3.82. The minimum atomic E-state index is -0.185. The second kappa shape index (κ2) is 11.1. The van der Waals surface area contributed by atoms with Gasteiger partial charge in [0.25, 0.3) is 5.91 Å². The van der Waals surface area contributed by atoms with Gasteiger partial charge in [-0.15, -0.1) is 0 Å². The predicted molar refractivity (Wildman–Crippen MR) is 144 cm³/mol. The summed E-state index contributed by atoms with van der Waals surface area (Å²) in [5.74, 6) is 1.97. The lowest BCUT2D eigenvalue weighted by atomic mass is 10.2. The molecule has 0 unspecified atom stereocenters. The molecule has 2 aromatic carbocycles. The van der Waals surface area contributed by atoms with Crippen LogP contribution in [0.3, 0.4) is 0 Å². The van der Waals surface area contributed by atoms with Gasteiger partial charge in [0, 0.05) is 38.3 Å². The molecule has 4 aromatic rings. The number of likely N-dealkylation sites (tertiary alicyclic amines) is 1. The number of likely N-dealkylation sites (N-methyl/N-ethyl adjacent to an activating group) is 1. The second-order valence-electron chi connectivity index (χ2n) is 8.97. The molecule has 9 nitrogen and oxygen atoms in total. The topological polar surface area (TPSA) is 104 Å². The highest BCUT2D eigenvalue weighted by Crippen LogP contribution is 2.32. The number of methoxy groups -OCH3 is 1. The van der Waals surface area contributed by atoms with Crippen molar-refractivity contribution in [2.24, 2.45) is 0 Å². The summed E-state index contributed by atoms with van der Waals surface area (Å²) in [7, 11) is 3.26. The van der Waals surface area contributed by atoms with Gasteiger partial charge in [-0.2, -0.15) is 0 Å². The Kier molecular flexibility index (Phi) is 7.43. The van der Waals surface area contributed by atoms with Crippen LogP contribution in [0.2, 0.25) is 5.02 Å². The van der Waals surface area contributed by atoms with Gasteiger partial charge >= 0.3 is 0 Å². The molecule has 0 radical (unpaired) electrons. The number of hydrogen-bond acceptors (Lipinski definition) is 7. The number of benzene rings is 2. The molecular formula is C27H29ClN6O3. The van der Waals surface area contributed by atoms with Crippen molar-refractivity contribution < 1.29 is 14.3 Å². The first kappa shape index (κ1) is 24.9. The number of nitrogens with zero attached hydrogens (tertiary/aromatic N) is 3. The van der Waals surface area contributed by atoms with Gasteiger partial charge in [0.05, 0.1) is 24.0 Å². The maximum atomic E-state index is 11.4. The first-order valence-electron chi connectivity index (χ1n) is 12.1. The standard InChI is InChI=1S/C27H29ClN6O3/c1-29-23(35)16-37-20-8-6-18(7-9-20)26-32-25-24(22(28)13-30-27(25)33-26)31-19-10-11-34(15-19)14-17-4-3-5-21(12-17)36-2/h3-9,12-13,19H,10-11,14-16H2,1-2H3,(H,29,35)(H2,30,31,32,33)/t19-/m0/s1. The molecule has 0 bridgehead atoms. The lowest BCUT2D eigenvalue weighted by Gasteiger charge is -2.18. The van der Waals surface area contributed by atoms with Crippen molar-refractivity contribution in [3.63, 3.8) is 0 Å². The summed E-state index contributed by atoms with van der Waals surface area (Å²) in [5, 5.41) is 6.71. The van der Waals surface area contributed by atoms with Crippen molar-refractivity contribution in [2.75, 3.05) is 39.2 Å². The molecule has 1 amide bonds. The van der Waals surface area contributed by atoms with Crippen molar-refractivity contribution in [2.45, 2.75) is 19.0 Å². The molecule has 37 heavy (non-hydrogen) atoms. The van der Waals surface area contributed by atoms with Crippen molar-refractivity contribution in [3.8, 4) is 22.9 Å². The van der Waals surface area contributed by atoms with Gasteiger partial charge in [0.2, 0.25) is 0 Å². The van der Waals surface area contributed by atoms with E-state index < -0.39 is 0 Å². The highest BCUT2D eigenvalue weighted by Gasteiger charge is 2.24. The number of imidazole rings is 1. The zero-order chi connectivity index (χ0) is 25.8. The minimum Gasteiger partial charge on any atom is -0.497 e. The lowest BCUT2D eigenvalue weighted by molar-refractivity contribution is -0.122. The van der Waals surface area contributed by atoms with Crippen LogP contribution in [0.5, 0.6) is 11.5 Å². The van der Waals surface area contributed by atoms with Crippen LogP contribution in [0.25, 0.3) is 22.6 Å². The Morgan fingerprint density at radius 1 is 1.22 bits per heavy atom. The van der Waals surface area contributed by atoms with Gasteiger partial charge in [0.1, 0.15) is 22.8 Å². The third-order valence-electron chi connectivity index (χ3n) is 6.41. The normalized spacial score (nSPS) is 15.6. The van der Waals surface area contributed by atoms with E-state index in [1.54, 1.807) is 32.5 Å². The van der Waals surface area contributed by atoms with Gasteiger partial charge in [-0.3, -0.25) is 9.69 Å². The molecule has 1 aliphatic heterocycles. The summed E-state index contributed by atoms with van der Waals surface area (Å²) in [6.45, 7) is 2.72. The molecule has 0 aliphatic carbocycles. The van der Waals surface area contributed by atoms with Crippen LogP contribution >= 0.6 is 11.6 Å². The molecule has 10 heteroatoms. The van der Waals surface area contributed by atoms with E-state index in [2.05, 4.69) is 42.6 Å². The number of halogens is 1. The summed E-state index contributed by atoms with van der Waals surface area (Å²) in [6, 6.07) is 15.8. The van der Waals surface area contributed by atoms with E-state index in [1.807, 2.05) is 24.3 Å². The molecule has 1 saturated heterocycles. The minimum absolute atomic E-state index is 0.0317. The van der Waals surface area contributed by atoms with Crippen LogP contribution in [0.4, 0.5) is 5.69 Å². The van der Waals surface area contributed by atoms with Crippen LogP contribution in [0, 0.1) is 0 Å². The number of nitrogens with one attached hydrogen (secondary N) is 3. The van der Waals surface area contributed by atoms with Crippen molar-refractivity contribution in [1.29, 1.82) is 0 Å². The number of anilines is 1. The quantitative estimate of drug-likeness (QED) is 0.305. The zero-order valence-corrected chi connectivity index (χ0v) is 21.5. The number of ether oxygens (including phenoxy) is 2. The molecule has 5 rings (SSSR count). The smallest absolute Gasteiger partial charge is 0.257 e. The van der Waals surface area contributed by atoms with Crippen LogP contribution in [-0.2, 0) is 11.3 Å². The number of aromatic amines is 1. The second-order valence-corrected chi connectivity index (χ2v) is 9.38. The third-order valence-corrected chi connectivity index (χ3v) is 6.70. The number of rotatable bonds is 9. The number of carbonyl (C=O) groups is 1. The number of amides is 1. The maximum Gasteiger partial charge on any atom is 0.257 e. The Morgan fingerprint density at radius 2 is 2.05 bits per heavy atom. The van der Waals surface area contributed by atoms with E-state index in [1.165, 1.54) is 5.56 Å². The Bertz CT molecular complexity index is 1390. The molecule has 192 valence electrons. The van der Waals surface area contributed by atoms with Gasteiger partial charge in [-0.25, -0.2) is 9.97 Å². The third kappa shape index (κ3) is 5.79. The fraction of sp³-hybridized carbons (Fsp3) is 0.296. The van der Waals surface area contributed by atoms with Crippen molar-refractivity contribution in [1.82, 2.24) is 25.2 Å². The average molecular weight is 521 g/mol. The molecule has 1 atom stereocenters. The van der Waals surface area contributed by atoms with E-state index in [-0.39, 0.29) is 18.6 Å². The highest BCUT2D eigenvalue weighted by molar-refractivity contribution is 6.34. The number of fused-ring (bicyclic) bond motifs is 1. The maximum absolute atomic E-state index is 11.4. The molecule has 0 saturated carbocycles. The SMILES string of the molecule is CNC(=O)COc1ccc(-c2nc3ncc(Cl)c(N[C@H]4CCN(Cc5cccc(OC)c5)C4)c3[nH]2)cc1. The number of H-pyrrole nitrogens is 1. The lowest BCUT2D eigenvalue weighted by Crippen LogP contribution is -2.26. The Labute approximate surface area is 220 Å². The first-order valence-corrected chi connectivity index (χ1v) is 12.5. The number of pyridine rings is 1. The molecule has 2 aromatic heterocycles. The van der Waals surface area contributed by atoms with E-state index in [0.717, 1.165) is 48.6 Å². The van der Waals surface area contributed by atoms with Gasteiger partial charge in [-0.1, -0.05) is 23.7 Å². The fourth-order valence-corrected chi connectivity index (χ4v) is 4.67. The van der Waals surface area contributed by atoms with Crippen molar-refractivity contribution >= 4 is 34.4 Å². The van der Waals surface area contributed by atoms with Gasteiger partial charge < -0.3 is 25.1 Å². The average Bonchev–Trinajstić information content (AvgIpc) is 3.56. The summed E-state index contributed by atoms with van der Waals surface area (Å²) in [6.07, 6.45) is 2.64. The molecular weight excluding hydrogens is 492 g/mol. The van der Waals surface area contributed by atoms with E-state index in [4.69, 9.17) is 21.1 Å². The molecule has 1 fully saturated rings. The zero-order valence-electron chi connectivity index (χ0n) is 20.8. The Balaban J connectivity index is 1.28. The molecule has 1 aliphatic rings. The summed E-state index contributed by atoms with van der Waals surface area (Å²) >= 11 is 6.58. The molecule has 3 N–H and O–H groups in total. The predicted octanol–water partition coefficient (Wildman–Crippen LogP) is 4.10. The van der Waals surface area contributed by atoms with E-state index in [0.29, 0.717) is 22.2 Å². The number of carbonyl (C=O) groups excluding carboxylic acids is 1.